The van der Waals surface area contributed by atoms with E-state index in [1.807, 2.05) is 24.3 Å². The highest BCUT2D eigenvalue weighted by atomic mass is 16.6. The predicted octanol–water partition coefficient (Wildman–Crippen LogP) is 2.56. The Morgan fingerprint density at radius 3 is 2.73 bits per heavy atom. The van der Waals surface area contributed by atoms with E-state index in [9.17, 15) is 14.9 Å². The predicted molar refractivity (Wildman–Crippen MR) is 81.1 cm³/mol. The fourth-order valence-corrected chi connectivity index (χ4v) is 2.54. The second-order valence-electron chi connectivity index (χ2n) is 4.94. The van der Waals surface area contributed by atoms with Crippen LogP contribution in [0.2, 0.25) is 0 Å². The lowest BCUT2D eigenvalue weighted by Gasteiger charge is -2.17. The van der Waals surface area contributed by atoms with Gasteiger partial charge in [0.25, 0.3) is 5.91 Å². The number of nitro groups is 1. The number of nitro benzene ring substituents is 1. The molecule has 3 rings (SSSR count). The lowest BCUT2D eigenvalue weighted by Crippen LogP contribution is -2.33. The quantitative estimate of drug-likeness (QED) is 0.642. The van der Waals surface area contributed by atoms with E-state index < -0.39 is 4.92 Å². The van der Waals surface area contributed by atoms with Gasteiger partial charge in [-0.1, -0.05) is 30.3 Å². The van der Waals surface area contributed by atoms with Gasteiger partial charge in [0.2, 0.25) is 0 Å². The number of rotatable bonds is 4. The second-order valence-corrected chi connectivity index (χ2v) is 4.94. The Labute approximate surface area is 127 Å². The summed E-state index contributed by atoms with van der Waals surface area (Å²) < 4.78 is 5.35. The van der Waals surface area contributed by atoms with Crippen molar-refractivity contribution in [1.29, 1.82) is 0 Å². The third kappa shape index (κ3) is 2.63. The molecule has 0 aromatic heterocycles. The molecule has 0 aliphatic carbocycles. The van der Waals surface area contributed by atoms with Crippen LogP contribution in [0.4, 0.5) is 11.4 Å². The Kier molecular flexibility index (Phi) is 3.74. The van der Waals surface area contributed by atoms with Gasteiger partial charge in [0.05, 0.1) is 4.92 Å². The van der Waals surface area contributed by atoms with E-state index in [2.05, 4.69) is 0 Å². The van der Waals surface area contributed by atoms with Crippen LogP contribution in [0.25, 0.3) is 0 Å². The van der Waals surface area contributed by atoms with Gasteiger partial charge in [-0.05, 0) is 24.1 Å². The van der Waals surface area contributed by atoms with Gasteiger partial charge < -0.3 is 9.64 Å². The maximum atomic E-state index is 12.3. The topological polar surface area (TPSA) is 72.7 Å². The van der Waals surface area contributed by atoms with E-state index in [-0.39, 0.29) is 24.0 Å². The van der Waals surface area contributed by atoms with E-state index in [4.69, 9.17) is 4.74 Å². The van der Waals surface area contributed by atoms with Crippen molar-refractivity contribution in [2.45, 2.75) is 6.42 Å². The number of ether oxygens (including phenoxy) is 1. The number of carbonyl (C=O) groups excluding carboxylic acids is 1. The number of amides is 1. The highest BCUT2D eigenvalue weighted by molar-refractivity contribution is 5.96. The smallest absolute Gasteiger partial charge is 0.310 e. The molecule has 1 aliphatic rings. The lowest BCUT2D eigenvalue weighted by molar-refractivity contribution is -0.385. The van der Waals surface area contributed by atoms with Gasteiger partial charge in [-0.2, -0.15) is 0 Å². The van der Waals surface area contributed by atoms with Gasteiger partial charge in [0.15, 0.2) is 12.4 Å². The first-order valence-electron chi connectivity index (χ1n) is 6.91. The minimum absolute atomic E-state index is 0.105. The summed E-state index contributed by atoms with van der Waals surface area (Å²) >= 11 is 0. The van der Waals surface area contributed by atoms with Crippen molar-refractivity contribution in [3.8, 4) is 5.75 Å². The minimum Gasteiger partial charge on any atom is -0.477 e. The summed E-state index contributed by atoms with van der Waals surface area (Å²) in [5.74, 6) is -0.101. The van der Waals surface area contributed by atoms with Crippen molar-refractivity contribution >= 4 is 17.3 Å². The molecule has 0 saturated carbocycles. The van der Waals surface area contributed by atoms with E-state index in [0.29, 0.717) is 6.54 Å². The molecule has 1 aliphatic heterocycles. The van der Waals surface area contributed by atoms with Crippen LogP contribution in [0.1, 0.15) is 5.56 Å². The molecule has 0 unspecified atom stereocenters. The highest BCUT2D eigenvalue weighted by Crippen LogP contribution is 2.29. The monoisotopic (exact) mass is 298 g/mol. The summed E-state index contributed by atoms with van der Waals surface area (Å²) in [4.78, 5) is 24.3. The molecule has 112 valence electrons. The molecule has 2 aromatic carbocycles. The van der Waals surface area contributed by atoms with Crippen LogP contribution in [0.5, 0.6) is 5.75 Å². The Morgan fingerprint density at radius 1 is 1.18 bits per heavy atom. The van der Waals surface area contributed by atoms with Crippen LogP contribution in [0.3, 0.4) is 0 Å². The number of hydrogen-bond donors (Lipinski definition) is 0. The number of fused-ring (bicyclic) bond motifs is 1. The van der Waals surface area contributed by atoms with Crippen molar-refractivity contribution in [2.75, 3.05) is 18.1 Å². The van der Waals surface area contributed by atoms with Crippen LogP contribution < -0.4 is 9.64 Å². The molecule has 6 nitrogen and oxygen atoms in total. The molecule has 1 amide bonds. The van der Waals surface area contributed by atoms with Crippen LogP contribution in [0.15, 0.2) is 48.5 Å². The Balaban J connectivity index is 1.71. The average molecular weight is 298 g/mol. The summed E-state index contributed by atoms with van der Waals surface area (Å²) in [6.07, 6.45) is 0.813. The van der Waals surface area contributed by atoms with Gasteiger partial charge in [-0.25, -0.2) is 0 Å². The molecule has 22 heavy (non-hydrogen) atoms. The summed E-state index contributed by atoms with van der Waals surface area (Å²) in [6, 6.07) is 13.7. The second kappa shape index (κ2) is 5.85. The molecule has 0 radical (unpaired) electrons. The number of carbonyl (C=O) groups is 1. The van der Waals surface area contributed by atoms with Crippen molar-refractivity contribution in [3.05, 3.63) is 64.2 Å². The SMILES string of the molecule is O=C(COc1ccccc1[N+](=O)[O-])N1CCc2ccccc21. The van der Waals surface area contributed by atoms with Crippen LogP contribution in [-0.2, 0) is 11.2 Å². The number of para-hydroxylation sites is 3. The molecule has 0 spiro atoms. The molecular weight excluding hydrogens is 284 g/mol. The maximum absolute atomic E-state index is 12.3. The maximum Gasteiger partial charge on any atom is 0.310 e. The number of anilines is 1. The molecule has 0 atom stereocenters. The third-order valence-electron chi connectivity index (χ3n) is 3.60. The molecule has 6 heteroatoms. The van der Waals surface area contributed by atoms with Gasteiger partial charge >= 0.3 is 5.69 Å². The van der Waals surface area contributed by atoms with Crippen LogP contribution in [0, 0.1) is 10.1 Å². The number of nitrogens with zero attached hydrogens (tertiary/aromatic N) is 2. The number of benzene rings is 2. The average Bonchev–Trinajstić information content (AvgIpc) is 2.97. The Morgan fingerprint density at radius 2 is 1.91 bits per heavy atom. The van der Waals surface area contributed by atoms with Gasteiger partial charge in [-0.3, -0.25) is 14.9 Å². The van der Waals surface area contributed by atoms with E-state index in [1.165, 1.54) is 12.1 Å². The lowest BCUT2D eigenvalue weighted by atomic mass is 10.2. The zero-order chi connectivity index (χ0) is 15.5. The van der Waals surface area contributed by atoms with Gasteiger partial charge in [-0.15, -0.1) is 0 Å². The van der Waals surface area contributed by atoms with Crippen molar-refractivity contribution in [3.63, 3.8) is 0 Å². The summed E-state index contributed by atoms with van der Waals surface area (Å²) in [6.45, 7) is 0.387. The molecule has 0 bridgehead atoms. The molecular formula is C16H14N2O4. The van der Waals surface area contributed by atoms with Crippen molar-refractivity contribution in [2.24, 2.45) is 0 Å². The minimum atomic E-state index is -0.523. The molecule has 0 N–H and O–H groups in total. The first kappa shape index (κ1) is 14.1. The zero-order valence-corrected chi connectivity index (χ0v) is 11.8. The van der Waals surface area contributed by atoms with Crippen LogP contribution in [-0.4, -0.2) is 24.0 Å². The van der Waals surface area contributed by atoms with E-state index in [1.54, 1.807) is 17.0 Å². The zero-order valence-electron chi connectivity index (χ0n) is 11.8. The summed E-state index contributed by atoms with van der Waals surface area (Å²) in [5.41, 5.74) is 1.87. The number of hydrogen-bond acceptors (Lipinski definition) is 4. The first-order valence-corrected chi connectivity index (χ1v) is 6.91. The molecule has 2 aromatic rings. The fraction of sp³-hybridized carbons (Fsp3) is 0.188. The summed E-state index contributed by atoms with van der Waals surface area (Å²) in [7, 11) is 0. The molecule has 1 heterocycles. The van der Waals surface area contributed by atoms with Crippen LogP contribution >= 0.6 is 0 Å². The Bertz CT molecular complexity index is 730. The van der Waals surface area contributed by atoms with Crippen molar-refractivity contribution in [1.82, 2.24) is 0 Å². The highest BCUT2D eigenvalue weighted by Gasteiger charge is 2.25. The normalized spacial score (nSPS) is 12.8. The summed E-state index contributed by atoms with van der Waals surface area (Å²) in [5, 5.41) is 10.9. The van der Waals surface area contributed by atoms with E-state index >= 15 is 0 Å². The van der Waals surface area contributed by atoms with E-state index in [0.717, 1.165) is 17.7 Å². The molecule has 0 saturated heterocycles. The Hall–Kier alpha value is -2.89. The van der Waals surface area contributed by atoms with Gasteiger partial charge in [0, 0.05) is 18.3 Å². The third-order valence-corrected chi connectivity index (χ3v) is 3.60. The largest absolute Gasteiger partial charge is 0.477 e. The fourth-order valence-electron chi connectivity index (χ4n) is 2.54. The van der Waals surface area contributed by atoms with Crippen molar-refractivity contribution < 1.29 is 14.5 Å². The van der Waals surface area contributed by atoms with Gasteiger partial charge in [0.1, 0.15) is 0 Å². The first-order chi connectivity index (χ1) is 10.7. The molecule has 0 fully saturated rings. The standard InChI is InChI=1S/C16H14N2O4/c19-16(17-10-9-12-5-1-2-6-13(12)17)11-22-15-8-4-3-7-14(15)18(20)21/h1-8H,9-11H2.